The third kappa shape index (κ3) is 5.99. The zero-order chi connectivity index (χ0) is 9.36. The lowest BCUT2D eigenvalue weighted by atomic mass is 10.5. The highest BCUT2D eigenvalue weighted by molar-refractivity contribution is 4.52. The van der Waals surface area contributed by atoms with Crippen LogP contribution in [-0.2, 0) is 9.47 Å². The minimum Gasteiger partial charge on any atom is -0.379 e. The van der Waals surface area contributed by atoms with Gasteiger partial charge in [0.05, 0.1) is 26.4 Å². The van der Waals surface area contributed by atoms with E-state index in [0.717, 1.165) is 52.6 Å². The van der Waals surface area contributed by atoms with Crippen molar-refractivity contribution in [1.82, 2.24) is 10.2 Å². The first-order valence-electron chi connectivity index (χ1n) is 4.94. The molecule has 0 bridgehead atoms. The van der Waals surface area contributed by atoms with Crippen LogP contribution in [0.1, 0.15) is 0 Å². The van der Waals surface area contributed by atoms with E-state index in [-0.39, 0.29) is 0 Å². The van der Waals surface area contributed by atoms with Crippen molar-refractivity contribution in [2.75, 3.05) is 59.7 Å². The van der Waals surface area contributed by atoms with Crippen LogP contribution in [0.25, 0.3) is 0 Å². The maximum Gasteiger partial charge on any atom is 0.0593 e. The molecule has 0 aromatic carbocycles. The number of nitrogens with one attached hydrogen (secondary N) is 1. The van der Waals surface area contributed by atoms with Crippen LogP contribution in [0.2, 0.25) is 0 Å². The topological polar surface area (TPSA) is 33.7 Å². The molecule has 4 heteroatoms. The lowest BCUT2D eigenvalue weighted by Crippen LogP contribution is -2.31. The molecule has 1 heterocycles. The van der Waals surface area contributed by atoms with Gasteiger partial charge in [-0.25, -0.2) is 0 Å². The predicted molar refractivity (Wildman–Crippen MR) is 52.0 cm³/mol. The summed E-state index contributed by atoms with van der Waals surface area (Å²) >= 11 is 0. The largest absolute Gasteiger partial charge is 0.379 e. The summed E-state index contributed by atoms with van der Waals surface area (Å²) in [6.07, 6.45) is 0. The number of ether oxygens (including phenoxy) is 2. The van der Waals surface area contributed by atoms with Gasteiger partial charge in [-0.1, -0.05) is 0 Å². The smallest absolute Gasteiger partial charge is 0.0593 e. The van der Waals surface area contributed by atoms with Crippen LogP contribution >= 0.6 is 0 Å². The summed E-state index contributed by atoms with van der Waals surface area (Å²) in [5.41, 5.74) is 0. The molecule has 1 saturated heterocycles. The van der Waals surface area contributed by atoms with Crippen LogP contribution < -0.4 is 5.32 Å². The fourth-order valence-electron chi connectivity index (χ4n) is 1.17. The Morgan fingerprint density at radius 1 is 0.923 bits per heavy atom. The highest BCUT2D eigenvalue weighted by Crippen LogP contribution is 1.86. The van der Waals surface area contributed by atoms with Crippen molar-refractivity contribution in [2.24, 2.45) is 0 Å². The molecular weight excluding hydrogens is 168 g/mol. The van der Waals surface area contributed by atoms with E-state index >= 15 is 0 Å². The van der Waals surface area contributed by atoms with Crippen LogP contribution in [0.4, 0.5) is 0 Å². The maximum absolute atomic E-state index is 5.43. The Hall–Kier alpha value is -0.160. The van der Waals surface area contributed by atoms with E-state index in [1.165, 1.54) is 0 Å². The fraction of sp³-hybridized carbons (Fsp3) is 1.00. The molecule has 0 unspecified atom stereocenters. The zero-order valence-corrected chi connectivity index (χ0v) is 8.42. The van der Waals surface area contributed by atoms with Crippen LogP contribution in [-0.4, -0.2) is 64.6 Å². The molecule has 78 valence electrons. The molecule has 1 N–H and O–H groups in total. The molecule has 1 rings (SSSR count). The maximum atomic E-state index is 5.43. The summed E-state index contributed by atoms with van der Waals surface area (Å²) < 4.78 is 10.9. The van der Waals surface area contributed by atoms with E-state index in [1.807, 2.05) is 0 Å². The predicted octanol–water partition coefficient (Wildman–Crippen LogP) is -0.445. The van der Waals surface area contributed by atoms with Crippen molar-refractivity contribution in [2.45, 2.75) is 0 Å². The second kappa shape index (κ2) is 7.26. The summed E-state index contributed by atoms with van der Waals surface area (Å²) in [5, 5.41) is 3.25. The summed E-state index contributed by atoms with van der Waals surface area (Å²) in [7, 11) is 2.09. The first-order valence-corrected chi connectivity index (χ1v) is 4.94. The molecule has 1 fully saturated rings. The Balaban J connectivity index is 2.11. The van der Waals surface area contributed by atoms with E-state index < -0.39 is 0 Å². The van der Waals surface area contributed by atoms with Gasteiger partial charge in [0.25, 0.3) is 0 Å². The lowest BCUT2D eigenvalue weighted by Gasteiger charge is -2.17. The summed E-state index contributed by atoms with van der Waals surface area (Å²) in [6.45, 7) is 7.06. The SMILES string of the molecule is CN1CCOCCNCCOCC1. The van der Waals surface area contributed by atoms with E-state index in [4.69, 9.17) is 9.47 Å². The van der Waals surface area contributed by atoms with Gasteiger partial charge in [-0.15, -0.1) is 0 Å². The number of rotatable bonds is 0. The Morgan fingerprint density at radius 3 is 2.00 bits per heavy atom. The fourth-order valence-corrected chi connectivity index (χ4v) is 1.17. The van der Waals surface area contributed by atoms with Gasteiger partial charge >= 0.3 is 0 Å². The van der Waals surface area contributed by atoms with Crippen molar-refractivity contribution in [3.8, 4) is 0 Å². The normalized spacial score (nSPS) is 24.7. The van der Waals surface area contributed by atoms with Crippen LogP contribution in [0.15, 0.2) is 0 Å². The Kier molecular flexibility index (Phi) is 6.10. The minimum atomic E-state index is 0.799. The second-order valence-corrected chi connectivity index (χ2v) is 3.28. The van der Waals surface area contributed by atoms with Crippen LogP contribution in [0.5, 0.6) is 0 Å². The van der Waals surface area contributed by atoms with Gasteiger partial charge in [0.1, 0.15) is 0 Å². The Morgan fingerprint density at radius 2 is 1.46 bits per heavy atom. The van der Waals surface area contributed by atoms with Crippen molar-refractivity contribution in [1.29, 1.82) is 0 Å². The standard InChI is InChI=1S/C9H20N2O2/c1-11-4-8-12-6-2-10-3-7-13-9-5-11/h10H,2-9H2,1H3. The Bertz CT molecular complexity index is 110. The van der Waals surface area contributed by atoms with Crippen molar-refractivity contribution in [3.05, 3.63) is 0 Å². The monoisotopic (exact) mass is 188 g/mol. The van der Waals surface area contributed by atoms with Gasteiger partial charge < -0.3 is 19.7 Å². The van der Waals surface area contributed by atoms with Gasteiger partial charge in [0.15, 0.2) is 0 Å². The molecule has 0 aromatic heterocycles. The van der Waals surface area contributed by atoms with E-state index in [2.05, 4.69) is 17.3 Å². The molecule has 0 amide bonds. The van der Waals surface area contributed by atoms with Crippen LogP contribution in [0, 0.1) is 0 Å². The van der Waals surface area contributed by atoms with Gasteiger partial charge in [-0.3, -0.25) is 0 Å². The van der Waals surface area contributed by atoms with Crippen molar-refractivity contribution < 1.29 is 9.47 Å². The molecule has 1 aliphatic heterocycles. The third-order valence-corrected chi connectivity index (χ3v) is 2.08. The molecule has 0 saturated carbocycles. The molecular formula is C9H20N2O2. The van der Waals surface area contributed by atoms with Gasteiger partial charge in [0, 0.05) is 26.2 Å². The van der Waals surface area contributed by atoms with E-state index in [0.29, 0.717) is 0 Å². The number of nitrogens with zero attached hydrogens (tertiary/aromatic N) is 1. The minimum absolute atomic E-state index is 0.799. The molecule has 0 atom stereocenters. The molecule has 4 nitrogen and oxygen atoms in total. The first-order chi connectivity index (χ1) is 6.39. The van der Waals surface area contributed by atoms with E-state index in [1.54, 1.807) is 0 Å². The summed E-state index contributed by atoms with van der Waals surface area (Å²) in [4.78, 5) is 2.23. The average Bonchev–Trinajstić information content (AvgIpc) is 2.11. The zero-order valence-electron chi connectivity index (χ0n) is 8.42. The van der Waals surface area contributed by atoms with Gasteiger partial charge in [-0.2, -0.15) is 0 Å². The molecule has 0 radical (unpaired) electrons. The molecule has 13 heavy (non-hydrogen) atoms. The number of likely N-dealkylation sites (N-methyl/N-ethyl adjacent to an activating group) is 1. The van der Waals surface area contributed by atoms with Gasteiger partial charge in [-0.05, 0) is 7.05 Å². The molecule has 0 aliphatic carbocycles. The molecule has 1 aliphatic rings. The van der Waals surface area contributed by atoms with Crippen LogP contribution in [0.3, 0.4) is 0 Å². The van der Waals surface area contributed by atoms with Gasteiger partial charge in [0.2, 0.25) is 0 Å². The second-order valence-electron chi connectivity index (χ2n) is 3.28. The lowest BCUT2D eigenvalue weighted by molar-refractivity contribution is 0.0754. The highest BCUT2D eigenvalue weighted by atomic mass is 16.5. The van der Waals surface area contributed by atoms with E-state index in [9.17, 15) is 0 Å². The highest BCUT2D eigenvalue weighted by Gasteiger charge is 1.99. The molecule has 0 spiro atoms. The number of hydrogen-bond acceptors (Lipinski definition) is 4. The average molecular weight is 188 g/mol. The van der Waals surface area contributed by atoms with Crippen molar-refractivity contribution >= 4 is 0 Å². The molecule has 0 aromatic rings. The quantitative estimate of drug-likeness (QED) is 0.558. The summed E-state index contributed by atoms with van der Waals surface area (Å²) in [5.74, 6) is 0. The number of hydrogen-bond donors (Lipinski definition) is 1. The summed E-state index contributed by atoms with van der Waals surface area (Å²) in [6, 6.07) is 0. The Labute approximate surface area is 80.2 Å². The third-order valence-electron chi connectivity index (χ3n) is 2.08. The first kappa shape index (κ1) is 10.9. The van der Waals surface area contributed by atoms with Crippen molar-refractivity contribution in [3.63, 3.8) is 0 Å².